The van der Waals surface area contributed by atoms with Crippen LogP contribution in [0.15, 0.2) is 66.2 Å². The van der Waals surface area contributed by atoms with E-state index in [9.17, 15) is 38.8 Å². The number of amides is 4. The molecule has 4 amide bonds. The first-order chi connectivity index (χ1) is 23.3. The Bertz CT molecular complexity index is 2020. The van der Waals surface area contributed by atoms with Gasteiger partial charge in [-0.15, -0.1) is 0 Å². The Labute approximate surface area is 283 Å². The van der Waals surface area contributed by atoms with Crippen molar-refractivity contribution in [3.63, 3.8) is 0 Å². The number of aromatic hydroxyl groups is 1. The van der Waals surface area contributed by atoms with E-state index in [1.807, 2.05) is 0 Å². The van der Waals surface area contributed by atoms with E-state index >= 15 is 0 Å². The van der Waals surface area contributed by atoms with Gasteiger partial charge in [-0.2, -0.15) is 0 Å². The number of allylic oxidation sites excluding steroid dienone is 2. The summed E-state index contributed by atoms with van der Waals surface area (Å²) in [5.74, 6) is -7.29. The lowest BCUT2D eigenvalue weighted by atomic mass is 9.51. The summed E-state index contributed by atoms with van der Waals surface area (Å²) in [6.45, 7) is 1.63. The minimum Gasteiger partial charge on any atom is -0.507 e. The second kappa shape index (κ2) is 11.4. The maximum atomic E-state index is 14.6. The summed E-state index contributed by atoms with van der Waals surface area (Å²) >= 11 is 6.06. The highest BCUT2D eigenvalue weighted by Crippen LogP contribution is 2.65. The van der Waals surface area contributed by atoms with Gasteiger partial charge >= 0.3 is 0 Å². The first-order valence-electron chi connectivity index (χ1n) is 15.4. The molecule has 12 nitrogen and oxygen atoms in total. The summed E-state index contributed by atoms with van der Waals surface area (Å²) < 4.78 is 25.2. The molecule has 4 aliphatic rings. The molecule has 0 bridgehead atoms. The number of non-ortho nitro benzene ring substituents is 1. The summed E-state index contributed by atoms with van der Waals surface area (Å²) in [4.78, 5) is 69.7. The van der Waals surface area contributed by atoms with Crippen LogP contribution in [0.2, 0.25) is 5.02 Å². The van der Waals surface area contributed by atoms with Crippen LogP contribution in [0.4, 0.5) is 21.5 Å². The first kappa shape index (κ1) is 32.3. The molecule has 2 aliphatic carbocycles. The largest absolute Gasteiger partial charge is 0.507 e. The molecule has 7 rings (SSSR count). The summed E-state index contributed by atoms with van der Waals surface area (Å²) in [5.41, 5.74) is -0.707. The molecule has 2 saturated heterocycles. The number of phenols is 1. The lowest BCUT2D eigenvalue weighted by molar-refractivity contribution is -0.384. The number of hydrogen-bond acceptors (Lipinski definition) is 9. The third-order valence-corrected chi connectivity index (χ3v) is 10.9. The van der Waals surface area contributed by atoms with Crippen molar-refractivity contribution in [2.75, 3.05) is 24.0 Å². The monoisotopic (exact) mass is 689 g/mol. The highest BCUT2D eigenvalue weighted by molar-refractivity contribution is 6.32. The number of anilines is 2. The number of carbonyl (C=O) groups is 4. The van der Waals surface area contributed by atoms with Crippen molar-refractivity contribution < 1.29 is 43.1 Å². The number of phenolic OH excluding ortho intramolecular Hbond substituents is 1. The second-order valence-corrected chi connectivity index (χ2v) is 13.2. The lowest BCUT2D eigenvalue weighted by Gasteiger charge is -2.49. The SMILES string of the molecule is COc1cc(O)c([C@H]2C3=CC[C@@H]4C(=O)N(c5ccc([N+](=O)[O-])cc5)C(=O)[C@@H]4[C@@H]3C[C@H]3C(=O)N(c4ccc(F)c(Cl)c4)C(=O)[C@@]23C)c(OC)c1. The van der Waals surface area contributed by atoms with E-state index in [1.54, 1.807) is 19.1 Å². The van der Waals surface area contributed by atoms with Gasteiger partial charge in [0.15, 0.2) is 0 Å². The van der Waals surface area contributed by atoms with E-state index < -0.39 is 69.4 Å². The zero-order valence-electron chi connectivity index (χ0n) is 26.4. The van der Waals surface area contributed by atoms with Crippen molar-refractivity contribution in [1.82, 2.24) is 0 Å². The molecule has 0 radical (unpaired) electrons. The molecular formula is C35H29ClFN3O9. The third-order valence-electron chi connectivity index (χ3n) is 10.6. The molecule has 252 valence electrons. The van der Waals surface area contributed by atoms with Gasteiger partial charge in [-0.05, 0) is 56.0 Å². The third kappa shape index (κ3) is 4.55. The number of fused-ring (bicyclic) bond motifs is 4. The minimum absolute atomic E-state index is 0.0162. The molecular weight excluding hydrogens is 661 g/mol. The van der Waals surface area contributed by atoms with E-state index in [1.165, 1.54) is 56.7 Å². The Morgan fingerprint density at radius 1 is 0.939 bits per heavy atom. The molecule has 2 aliphatic heterocycles. The van der Waals surface area contributed by atoms with Crippen LogP contribution in [0.1, 0.15) is 31.2 Å². The molecule has 3 fully saturated rings. The fourth-order valence-corrected chi connectivity index (χ4v) is 8.51. The summed E-state index contributed by atoms with van der Waals surface area (Å²) in [7, 11) is 2.80. The predicted octanol–water partition coefficient (Wildman–Crippen LogP) is 5.55. The quantitative estimate of drug-likeness (QED) is 0.152. The molecule has 1 saturated carbocycles. The smallest absolute Gasteiger partial charge is 0.269 e. The van der Waals surface area contributed by atoms with Crippen LogP contribution < -0.4 is 19.3 Å². The van der Waals surface area contributed by atoms with Crippen LogP contribution in [0.25, 0.3) is 0 Å². The summed E-state index contributed by atoms with van der Waals surface area (Å²) in [5, 5.41) is 22.5. The fourth-order valence-electron chi connectivity index (χ4n) is 8.34. The van der Waals surface area contributed by atoms with Gasteiger partial charge in [0.1, 0.15) is 23.1 Å². The topological polar surface area (TPSA) is 157 Å². The highest BCUT2D eigenvalue weighted by Gasteiger charge is 2.68. The minimum atomic E-state index is -1.53. The average Bonchev–Trinajstić information content (AvgIpc) is 3.45. The van der Waals surface area contributed by atoms with Crippen LogP contribution in [0.5, 0.6) is 17.2 Å². The second-order valence-electron chi connectivity index (χ2n) is 12.8. The van der Waals surface area contributed by atoms with Crippen molar-refractivity contribution >= 4 is 52.3 Å². The normalized spacial score (nSPS) is 27.4. The van der Waals surface area contributed by atoms with Gasteiger partial charge in [0.05, 0.1) is 58.7 Å². The van der Waals surface area contributed by atoms with Crippen LogP contribution in [0, 0.1) is 45.0 Å². The zero-order chi connectivity index (χ0) is 35.1. The molecule has 0 spiro atoms. The molecule has 6 atom stereocenters. The van der Waals surface area contributed by atoms with Gasteiger partial charge in [0.25, 0.3) is 5.69 Å². The van der Waals surface area contributed by atoms with E-state index in [2.05, 4.69) is 0 Å². The van der Waals surface area contributed by atoms with Gasteiger partial charge in [-0.3, -0.25) is 34.2 Å². The van der Waals surface area contributed by atoms with Crippen molar-refractivity contribution in [1.29, 1.82) is 0 Å². The van der Waals surface area contributed by atoms with E-state index in [0.29, 0.717) is 5.57 Å². The Morgan fingerprint density at radius 3 is 2.27 bits per heavy atom. The maximum Gasteiger partial charge on any atom is 0.269 e. The zero-order valence-corrected chi connectivity index (χ0v) is 27.1. The Balaban J connectivity index is 1.39. The van der Waals surface area contributed by atoms with Crippen molar-refractivity contribution in [3.05, 3.63) is 92.8 Å². The average molecular weight is 690 g/mol. The van der Waals surface area contributed by atoms with Gasteiger partial charge in [0, 0.05) is 35.7 Å². The number of rotatable bonds is 6. The van der Waals surface area contributed by atoms with Crippen LogP contribution >= 0.6 is 11.6 Å². The highest BCUT2D eigenvalue weighted by atomic mass is 35.5. The molecule has 2 heterocycles. The van der Waals surface area contributed by atoms with Crippen molar-refractivity contribution in [3.8, 4) is 17.2 Å². The Hall–Kier alpha value is -5.30. The molecule has 14 heteroatoms. The van der Waals surface area contributed by atoms with Crippen molar-refractivity contribution in [2.24, 2.45) is 29.1 Å². The number of nitro benzene ring substituents is 1. The number of methoxy groups -OCH3 is 2. The van der Waals surface area contributed by atoms with Crippen LogP contribution in [-0.4, -0.2) is 47.9 Å². The van der Waals surface area contributed by atoms with Crippen LogP contribution in [0.3, 0.4) is 0 Å². The standard InChI is InChI=1S/C35H29ClFN3O9/c1-35-23(32(43)39(34(35)45)18-8-11-25(37)24(36)12-18)15-22-20(30(35)29-26(41)13-19(48-2)14-27(29)49-3)9-10-21-28(22)33(44)38(31(21)42)16-4-6-17(7-5-16)40(46)47/h4-9,11-14,21-23,28,30,41H,10,15H2,1-3H3/t21-,22+,23-,28-,30+,35+/m0/s1. The fraction of sp³-hybridized carbons (Fsp3) is 0.314. The number of benzene rings is 3. The van der Waals surface area contributed by atoms with E-state index in [-0.39, 0.29) is 57.7 Å². The van der Waals surface area contributed by atoms with Crippen molar-refractivity contribution in [2.45, 2.75) is 25.7 Å². The first-order valence-corrected chi connectivity index (χ1v) is 15.8. The number of hydrogen-bond donors (Lipinski definition) is 1. The number of halogens is 2. The Morgan fingerprint density at radius 2 is 1.63 bits per heavy atom. The van der Waals surface area contributed by atoms with Crippen LogP contribution in [-0.2, 0) is 19.2 Å². The Kier molecular flexibility index (Phi) is 7.51. The van der Waals surface area contributed by atoms with E-state index in [0.717, 1.165) is 15.9 Å². The number of nitro groups is 1. The maximum absolute atomic E-state index is 14.6. The molecule has 3 aromatic carbocycles. The van der Waals surface area contributed by atoms with Gasteiger partial charge in [-0.1, -0.05) is 23.3 Å². The predicted molar refractivity (Wildman–Crippen MR) is 173 cm³/mol. The number of ether oxygens (including phenoxy) is 2. The van der Waals surface area contributed by atoms with Gasteiger partial charge in [-0.25, -0.2) is 9.29 Å². The molecule has 49 heavy (non-hydrogen) atoms. The van der Waals surface area contributed by atoms with Gasteiger partial charge in [0.2, 0.25) is 23.6 Å². The van der Waals surface area contributed by atoms with Gasteiger partial charge < -0.3 is 14.6 Å². The molecule has 0 unspecified atom stereocenters. The number of imide groups is 2. The molecule has 3 aromatic rings. The summed E-state index contributed by atoms with van der Waals surface area (Å²) in [6.07, 6.45) is 1.95. The lowest BCUT2D eigenvalue weighted by Crippen LogP contribution is -2.49. The number of carbonyl (C=O) groups excluding carboxylic acids is 4. The summed E-state index contributed by atoms with van der Waals surface area (Å²) in [6, 6.07) is 11.5. The molecule has 1 N–H and O–H groups in total. The molecule has 0 aromatic heterocycles. The van der Waals surface area contributed by atoms with E-state index in [4.69, 9.17) is 21.1 Å². The number of nitrogens with zero attached hydrogens (tertiary/aromatic N) is 3.